The maximum Gasteiger partial charge on any atom is 0.370 e. The van der Waals surface area contributed by atoms with Gasteiger partial charge >= 0.3 is 5.69 Å². The topological polar surface area (TPSA) is 63.0 Å². The molecule has 3 rings (SSSR count). The average Bonchev–Trinajstić information content (AvgIpc) is 2.66. The quantitative estimate of drug-likeness (QED) is 0.667. The second-order valence-corrected chi connectivity index (χ2v) is 4.02. The summed E-state index contributed by atoms with van der Waals surface area (Å²) >= 11 is 3.34. The fourth-order valence-corrected chi connectivity index (χ4v) is 1.90. The van der Waals surface area contributed by atoms with Gasteiger partial charge in [0.25, 0.3) is 0 Å². The molecule has 5 nitrogen and oxygen atoms in total. The van der Waals surface area contributed by atoms with Gasteiger partial charge in [0.2, 0.25) is 0 Å². The zero-order valence-electron chi connectivity index (χ0n) is 7.44. The summed E-state index contributed by atoms with van der Waals surface area (Å²) in [6.45, 7) is 0. The van der Waals surface area contributed by atoms with Crippen molar-refractivity contribution >= 4 is 32.5 Å². The highest BCUT2D eigenvalue weighted by Crippen LogP contribution is 2.19. The monoisotopic (exact) mass is 264 g/mol. The maximum atomic E-state index is 11.5. The minimum absolute atomic E-state index is 0.378. The molecule has 6 heteroatoms. The number of aromatic amines is 1. The first-order valence-corrected chi connectivity index (χ1v) is 5.07. The molecule has 0 saturated carbocycles. The van der Waals surface area contributed by atoms with Gasteiger partial charge in [0.1, 0.15) is 12.0 Å². The lowest BCUT2D eigenvalue weighted by atomic mass is 10.2. The van der Waals surface area contributed by atoms with Crippen LogP contribution >= 0.6 is 15.9 Å². The lowest BCUT2D eigenvalue weighted by Crippen LogP contribution is -2.17. The van der Waals surface area contributed by atoms with Gasteiger partial charge in [-0.15, -0.1) is 0 Å². The van der Waals surface area contributed by atoms with E-state index < -0.39 is 0 Å². The molecule has 15 heavy (non-hydrogen) atoms. The van der Waals surface area contributed by atoms with Crippen LogP contribution in [0, 0.1) is 0 Å². The molecular weight excluding hydrogens is 260 g/mol. The number of H-pyrrole nitrogens is 1. The van der Waals surface area contributed by atoms with Crippen LogP contribution in [0.2, 0.25) is 0 Å². The summed E-state index contributed by atoms with van der Waals surface area (Å²) in [5, 5.41) is 4.74. The van der Waals surface area contributed by atoms with Crippen LogP contribution in [0.3, 0.4) is 0 Å². The number of rotatable bonds is 0. The van der Waals surface area contributed by atoms with Crippen LogP contribution in [0.5, 0.6) is 0 Å². The van der Waals surface area contributed by atoms with Gasteiger partial charge in [-0.1, -0.05) is 15.9 Å². The molecule has 2 heterocycles. The number of nitrogens with one attached hydrogen (secondary N) is 1. The van der Waals surface area contributed by atoms with Crippen molar-refractivity contribution in [1.82, 2.24) is 19.6 Å². The normalized spacial score (nSPS) is 11.3. The summed E-state index contributed by atoms with van der Waals surface area (Å²) in [5.41, 5.74) is 0.938. The largest absolute Gasteiger partial charge is 0.370 e. The summed E-state index contributed by atoms with van der Waals surface area (Å²) in [6, 6.07) is 5.59. The van der Waals surface area contributed by atoms with Crippen molar-refractivity contribution in [2.24, 2.45) is 0 Å². The number of fused-ring (bicyclic) bond motifs is 3. The molecule has 1 aromatic carbocycles. The molecule has 3 aromatic rings. The van der Waals surface area contributed by atoms with Crippen molar-refractivity contribution in [2.45, 2.75) is 0 Å². The summed E-state index contributed by atoms with van der Waals surface area (Å²) in [5.74, 6) is 0. The Kier molecular flexibility index (Phi) is 1.66. The molecule has 0 spiro atoms. The number of hydrogen-bond donors (Lipinski definition) is 1. The molecule has 0 atom stereocenters. The maximum absolute atomic E-state index is 11.5. The van der Waals surface area contributed by atoms with Gasteiger partial charge in [-0.3, -0.25) is 0 Å². The third-order valence-electron chi connectivity index (χ3n) is 2.20. The molecule has 74 valence electrons. The molecule has 0 aliphatic carbocycles. The Morgan fingerprint density at radius 3 is 3.13 bits per heavy atom. The molecule has 0 unspecified atom stereocenters. The van der Waals surface area contributed by atoms with Crippen LogP contribution in [0.4, 0.5) is 0 Å². The second kappa shape index (κ2) is 2.90. The Bertz CT molecular complexity index is 715. The fraction of sp³-hybridized carbons (Fsp3) is 0. The number of nitrogens with zero attached hydrogens (tertiary/aromatic N) is 3. The van der Waals surface area contributed by atoms with Crippen molar-refractivity contribution in [1.29, 1.82) is 0 Å². The highest BCUT2D eigenvalue weighted by molar-refractivity contribution is 9.10. The van der Waals surface area contributed by atoms with Crippen molar-refractivity contribution < 1.29 is 0 Å². The van der Waals surface area contributed by atoms with Gasteiger partial charge in [-0.2, -0.15) is 14.6 Å². The van der Waals surface area contributed by atoms with Crippen molar-refractivity contribution in [3.05, 3.63) is 39.5 Å². The molecule has 0 fully saturated rings. The predicted molar refractivity (Wildman–Crippen MR) is 58.8 cm³/mol. The molecule has 1 N–H and O–H groups in total. The fourth-order valence-electron chi connectivity index (χ4n) is 1.55. The zero-order chi connectivity index (χ0) is 10.4. The Labute approximate surface area is 91.9 Å². The number of benzene rings is 1. The molecule has 0 aliphatic heterocycles. The van der Waals surface area contributed by atoms with E-state index in [4.69, 9.17) is 0 Å². The Morgan fingerprint density at radius 2 is 2.27 bits per heavy atom. The summed E-state index contributed by atoms with van der Waals surface area (Å²) in [6.07, 6.45) is 1.47. The van der Waals surface area contributed by atoms with Crippen LogP contribution < -0.4 is 5.69 Å². The van der Waals surface area contributed by atoms with Gasteiger partial charge in [-0.25, -0.2) is 4.79 Å². The van der Waals surface area contributed by atoms with Crippen LogP contribution in [-0.4, -0.2) is 19.6 Å². The molecule has 0 bridgehead atoms. The number of halogens is 1. The minimum Gasteiger partial charge on any atom is -0.329 e. The predicted octanol–water partition coefficient (Wildman–Crippen LogP) is 1.33. The van der Waals surface area contributed by atoms with Gasteiger partial charge < -0.3 is 4.98 Å². The summed E-state index contributed by atoms with van der Waals surface area (Å²) in [4.78, 5) is 18.4. The zero-order valence-corrected chi connectivity index (χ0v) is 9.02. The summed E-state index contributed by atoms with van der Waals surface area (Å²) < 4.78 is 2.14. The van der Waals surface area contributed by atoms with E-state index in [0.29, 0.717) is 11.2 Å². The first-order chi connectivity index (χ1) is 7.25. The minimum atomic E-state index is -0.378. The van der Waals surface area contributed by atoms with E-state index in [1.54, 1.807) is 6.07 Å². The molecule has 0 aliphatic rings. The van der Waals surface area contributed by atoms with E-state index >= 15 is 0 Å². The van der Waals surface area contributed by atoms with E-state index in [1.165, 1.54) is 10.8 Å². The van der Waals surface area contributed by atoms with Gasteiger partial charge in [0.15, 0.2) is 0 Å². The van der Waals surface area contributed by atoms with Crippen LogP contribution in [0.1, 0.15) is 0 Å². The standard InChI is InChI=1S/C9H5BrN4O/c10-5-1-2-6-7(3-5)13-9(15)14-8(6)11-4-12-14/h1-4H,(H,11,12). The highest BCUT2D eigenvalue weighted by atomic mass is 79.9. The van der Waals surface area contributed by atoms with E-state index in [0.717, 1.165) is 9.86 Å². The van der Waals surface area contributed by atoms with Gasteiger partial charge in [0, 0.05) is 9.86 Å². The molecule has 0 radical (unpaired) electrons. The molecule has 0 saturated heterocycles. The summed E-state index contributed by atoms with van der Waals surface area (Å²) in [7, 11) is 0. The molecular formula is C9H5BrN4O. The van der Waals surface area contributed by atoms with Crippen LogP contribution in [0.15, 0.2) is 33.8 Å². The third-order valence-corrected chi connectivity index (χ3v) is 2.69. The first-order valence-electron chi connectivity index (χ1n) is 4.27. The van der Waals surface area contributed by atoms with E-state index in [-0.39, 0.29) is 5.69 Å². The van der Waals surface area contributed by atoms with Crippen LogP contribution in [-0.2, 0) is 0 Å². The third kappa shape index (κ3) is 1.18. The SMILES string of the molecule is O=c1nc2cc(Br)ccc2c2[nH]cnn12. The van der Waals surface area contributed by atoms with Gasteiger partial charge in [-0.05, 0) is 18.2 Å². The molecule has 0 amide bonds. The average molecular weight is 265 g/mol. The Balaban J connectivity index is 2.66. The van der Waals surface area contributed by atoms with Crippen LogP contribution in [0.25, 0.3) is 16.6 Å². The second-order valence-electron chi connectivity index (χ2n) is 3.11. The lowest BCUT2D eigenvalue weighted by Gasteiger charge is -1.98. The Morgan fingerprint density at radius 1 is 1.40 bits per heavy atom. The van der Waals surface area contributed by atoms with Gasteiger partial charge in [0.05, 0.1) is 5.52 Å². The van der Waals surface area contributed by atoms with E-state index in [1.807, 2.05) is 12.1 Å². The smallest absolute Gasteiger partial charge is 0.329 e. The number of hydrogen-bond acceptors (Lipinski definition) is 3. The van der Waals surface area contributed by atoms with E-state index in [9.17, 15) is 4.79 Å². The van der Waals surface area contributed by atoms with Crippen molar-refractivity contribution in [3.8, 4) is 0 Å². The highest BCUT2D eigenvalue weighted by Gasteiger charge is 2.06. The molecule has 2 aromatic heterocycles. The number of aromatic nitrogens is 4. The Hall–Kier alpha value is -1.69. The lowest BCUT2D eigenvalue weighted by molar-refractivity contribution is 0.881. The first kappa shape index (κ1) is 8.60. The van der Waals surface area contributed by atoms with E-state index in [2.05, 4.69) is 31.0 Å². The van der Waals surface area contributed by atoms with Crippen molar-refractivity contribution in [2.75, 3.05) is 0 Å². The van der Waals surface area contributed by atoms with Crippen molar-refractivity contribution in [3.63, 3.8) is 0 Å².